The maximum Gasteiger partial charge on any atom is 0.421 e. The van der Waals surface area contributed by atoms with Crippen molar-refractivity contribution in [3.8, 4) is 11.6 Å². The van der Waals surface area contributed by atoms with Gasteiger partial charge in [0.25, 0.3) is 0 Å². The molecule has 0 unspecified atom stereocenters. The Hall–Kier alpha value is -1.83. The lowest BCUT2D eigenvalue weighted by atomic mass is 10.2. The minimum atomic E-state index is -4.64. The topological polar surface area (TPSA) is 48.1 Å². The van der Waals surface area contributed by atoms with Crippen molar-refractivity contribution in [2.24, 2.45) is 0 Å². The van der Waals surface area contributed by atoms with Crippen LogP contribution in [0.5, 0.6) is 11.6 Å². The average Bonchev–Trinajstić information content (AvgIpc) is 2.33. The fraction of sp³-hybridized carbons (Fsp3) is 0.0833. The molecule has 0 spiro atoms. The normalized spacial score (nSPS) is 11.4. The van der Waals surface area contributed by atoms with Crippen molar-refractivity contribution in [1.29, 1.82) is 0 Å². The Kier molecular flexibility index (Phi) is 3.85. The zero-order valence-electron chi connectivity index (χ0n) is 9.71. The second-order valence-corrected chi connectivity index (χ2v) is 4.70. The van der Waals surface area contributed by atoms with Crippen molar-refractivity contribution < 1.29 is 22.3 Å². The second-order valence-electron chi connectivity index (χ2n) is 3.79. The molecular weight excluding hydrogens is 344 g/mol. The largest absolute Gasteiger partial charge is 0.436 e. The van der Waals surface area contributed by atoms with E-state index in [1.165, 1.54) is 0 Å². The molecule has 0 saturated heterocycles. The number of hydrogen-bond donors (Lipinski definition) is 1. The highest BCUT2D eigenvalue weighted by Gasteiger charge is 2.36. The summed E-state index contributed by atoms with van der Waals surface area (Å²) in [6, 6.07) is 3.94. The van der Waals surface area contributed by atoms with E-state index >= 15 is 0 Å². The number of pyridine rings is 1. The summed E-state index contributed by atoms with van der Waals surface area (Å²) in [7, 11) is 0. The van der Waals surface area contributed by atoms with Crippen LogP contribution in [0.15, 0.2) is 34.9 Å². The van der Waals surface area contributed by atoms with Crippen LogP contribution in [0.2, 0.25) is 0 Å². The molecular formula is C12H7BrF4N2O. The number of benzene rings is 1. The van der Waals surface area contributed by atoms with Crippen LogP contribution in [0, 0.1) is 5.82 Å². The standard InChI is InChI=1S/C12H7BrF4N2O/c13-6-3-8(12(15,16)17)11(19-5-6)20-10-2-1-7(14)4-9(10)18/h1-5H,18H2. The molecule has 0 radical (unpaired) electrons. The van der Waals surface area contributed by atoms with Crippen LogP contribution in [0.1, 0.15) is 5.56 Å². The number of nitrogen functional groups attached to an aromatic ring is 1. The van der Waals surface area contributed by atoms with Gasteiger partial charge in [0, 0.05) is 16.7 Å². The van der Waals surface area contributed by atoms with Crippen LogP contribution >= 0.6 is 15.9 Å². The molecule has 2 N–H and O–H groups in total. The minimum absolute atomic E-state index is 0.105. The maximum atomic E-state index is 12.9. The zero-order valence-corrected chi connectivity index (χ0v) is 11.3. The number of hydrogen-bond acceptors (Lipinski definition) is 3. The number of anilines is 1. The first-order valence-electron chi connectivity index (χ1n) is 5.23. The van der Waals surface area contributed by atoms with Gasteiger partial charge >= 0.3 is 6.18 Å². The molecule has 1 heterocycles. The van der Waals surface area contributed by atoms with Crippen LogP contribution in [-0.4, -0.2) is 4.98 Å². The van der Waals surface area contributed by atoms with Gasteiger partial charge in [-0.05, 0) is 34.1 Å². The summed E-state index contributed by atoms with van der Waals surface area (Å²) in [6.45, 7) is 0. The third-order valence-corrected chi connectivity index (χ3v) is 2.74. The molecule has 0 bridgehead atoms. The molecule has 0 amide bonds. The van der Waals surface area contributed by atoms with Crippen molar-refractivity contribution in [1.82, 2.24) is 4.98 Å². The summed E-state index contributed by atoms with van der Waals surface area (Å²) in [5, 5.41) is 0. The second kappa shape index (κ2) is 5.28. The van der Waals surface area contributed by atoms with E-state index in [9.17, 15) is 17.6 Å². The number of ether oxygens (including phenoxy) is 1. The van der Waals surface area contributed by atoms with Gasteiger partial charge in [-0.25, -0.2) is 9.37 Å². The van der Waals surface area contributed by atoms with E-state index < -0.39 is 23.4 Å². The Balaban J connectivity index is 2.43. The third kappa shape index (κ3) is 3.19. The van der Waals surface area contributed by atoms with Gasteiger partial charge < -0.3 is 10.5 Å². The lowest BCUT2D eigenvalue weighted by Crippen LogP contribution is -2.09. The van der Waals surface area contributed by atoms with Crippen LogP contribution in [-0.2, 0) is 6.18 Å². The summed E-state index contributed by atoms with van der Waals surface area (Å²) in [6.07, 6.45) is -3.48. The Morgan fingerprint density at radius 1 is 1.20 bits per heavy atom. The lowest BCUT2D eigenvalue weighted by Gasteiger charge is -2.13. The summed E-state index contributed by atoms with van der Waals surface area (Å²) in [4.78, 5) is 3.57. The van der Waals surface area contributed by atoms with E-state index in [0.29, 0.717) is 0 Å². The molecule has 8 heteroatoms. The van der Waals surface area contributed by atoms with Crippen molar-refractivity contribution >= 4 is 21.6 Å². The van der Waals surface area contributed by atoms with Gasteiger partial charge in [-0.2, -0.15) is 13.2 Å². The number of rotatable bonds is 2. The van der Waals surface area contributed by atoms with Gasteiger partial charge in [0.2, 0.25) is 5.88 Å². The summed E-state index contributed by atoms with van der Waals surface area (Å²) < 4.78 is 56.7. The predicted molar refractivity (Wildman–Crippen MR) is 67.8 cm³/mol. The van der Waals surface area contributed by atoms with Crippen LogP contribution in [0.4, 0.5) is 23.2 Å². The molecule has 0 aliphatic rings. The van der Waals surface area contributed by atoms with Crippen molar-refractivity contribution in [3.63, 3.8) is 0 Å². The van der Waals surface area contributed by atoms with Crippen LogP contribution in [0.3, 0.4) is 0 Å². The fourth-order valence-electron chi connectivity index (χ4n) is 1.43. The number of nitrogens with zero attached hydrogens (tertiary/aromatic N) is 1. The summed E-state index contributed by atoms with van der Waals surface area (Å²) in [5.74, 6) is -1.37. The molecule has 0 saturated carbocycles. The summed E-state index contributed by atoms with van der Waals surface area (Å²) in [5.41, 5.74) is 4.29. The first kappa shape index (κ1) is 14.6. The number of aromatic nitrogens is 1. The first-order chi connectivity index (χ1) is 9.27. The smallest absolute Gasteiger partial charge is 0.421 e. The molecule has 2 aromatic rings. The highest BCUT2D eigenvalue weighted by atomic mass is 79.9. The van der Waals surface area contributed by atoms with Gasteiger partial charge in [-0.3, -0.25) is 0 Å². The zero-order chi connectivity index (χ0) is 14.9. The van der Waals surface area contributed by atoms with Gasteiger partial charge in [0.1, 0.15) is 11.4 Å². The highest BCUT2D eigenvalue weighted by Crippen LogP contribution is 2.39. The number of halogens is 5. The van der Waals surface area contributed by atoms with Crippen LogP contribution in [0.25, 0.3) is 0 Å². The molecule has 2 rings (SSSR count). The molecule has 0 fully saturated rings. The lowest BCUT2D eigenvalue weighted by molar-refractivity contribution is -0.138. The van der Waals surface area contributed by atoms with Gasteiger partial charge in [0.05, 0.1) is 5.69 Å². The van der Waals surface area contributed by atoms with Crippen LogP contribution < -0.4 is 10.5 Å². The van der Waals surface area contributed by atoms with Crippen molar-refractivity contribution in [3.05, 3.63) is 46.3 Å². The molecule has 20 heavy (non-hydrogen) atoms. The average molecular weight is 351 g/mol. The quantitative estimate of drug-likeness (QED) is 0.645. The van der Waals surface area contributed by atoms with Gasteiger partial charge in [-0.1, -0.05) is 0 Å². The third-order valence-electron chi connectivity index (χ3n) is 2.30. The SMILES string of the molecule is Nc1cc(F)ccc1Oc1ncc(Br)cc1C(F)(F)F. The maximum absolute atomic E-state index is 12.9. The number of alkyl halides is 3. The molecule has 0 aliphatic heterocycles. The molecule has 1 aromatic heterocycles. The van der Waals surface area contributed by atoms with Gasteiger partial charge in [-0.15, -0.1) is 0 Å². The Bertz CT molecular complexity index is 646. The first-order valence-corrected chi connectivity index (χ1v) is 6.02. The van der Waals surface area contributed by atoms with E-state index in [4.69, 9.17) is 10.5 Å². The predicted octanol–water partition coefficient (Wildman–Crippen LogP) is 4.38. The Labute approximate surface area is 119 Å². The molecule has 0 aliphatic carbocycles. The minimum Gasteiger partial charge on any atom is -0.436 e. The fourth-order valence-corrected chi connectivity index (χ4v) is 1.76. The van der Waals surface area contributed by atoms with E-state index in [2.05, 4.69) is 20.9 Å². The van der Waals surface area contributed by atoms with E-state index in [0.717, 1.165) is 30.5 Å². The van der Waals surface area contributed by atoms with Crippen molar-refractivity contribution in [2.75, 3.05) is 5.73 Å². The molecule has 0 atom stereocenters. The molecule has 3 nitrogen and oxygen atoms in total. The summed E-state index contributed by atoms with van der Waals surface area (Å²) >= 11 is 2.91. The van der Waals surface area contributed by atoms with E-state index in [1.807, 2.05) is 0 Å². The molecule has 106 valence electrons. The van der Waals surface area contributed by atoms with Gasteiger partial charge in [0.15, 0.2) is 5.75 Å². The van der Waals surface area contributed by atoms with E-state index in [-0.39, 0.29) is 15.9 Å². The number of nitrogens with two attached hydrogens (primary N) is 1. The highest BCUT2D eigenvalue weighted by molar-refractivity contribution is 9.10. The monoisotopic (exact) mass is 350 g/mol. The van der Waals surface area contributed by atoms with E-state index in [1.54, 1.807) is 0 Å². The molecule has 1 aromatic carbocycles. The Morgan fingerprint density at radius 2 is 1.90 bits per heavy atom. The van der Waals surface area contributed by atoms with Crippen molar-refractivity contribution in [2.45, 2.75) is 6.18 Å². The Morgan fingerprint density at radius 3 is 2.50 bits per heavy atom.